The van der Waals surface area contributed by atoms with Gasteiger partial charge in [-0.15, -0.1) is 0 Å². The molecule has 2 atom stereocenters. The Hall–Kier alpha value is -3.12. The molecular weight excluding hydrogens is 382 g/mol. The van der Waals surface area contributed by atoms with Crippen LogP contribution in [0.3, 0.4) is 0 Å². The average Bonchev–Trinajstić information content (AvgIpc) is 2.75. The molecule has 2 aromatic rings. The number of hydrogen-bond donors (Lipinski definition) is 2. The molecule has 6 nitrogen and oxygen atoms in total. The van der Waals surface area contributed by atoms with Crippen LogP contribution in [0.1, 0.15) is 36.5 Å². The molecule has 0 aliphatic heterocycles. The van der Waals surface area contributed by atoms with Gasteiger partial charge in [0.2, 0.25) is 0 Å². The van der Waals surface area contributed by atoms with Crippen molar-refractivity contribution in [1.29, 1.82) is 0 Å². The predicted octanol–water partition coefficient (Wildman–Crippen LogP) is 3.99. The molecule has 2 rings (SSSR count). The van der Waals surface area contributed by atoms with Gasteiger partial charge in [-0.25, -0.2) is 0 Å². The highest BCUT2D eigenvalue weighted by Crippen LogP contribution is 2.29. The molecule has 0 spiro atoms. The first kappa shape index (κ1) is 23.2. The Morgan fingerprint density at radius 1 is 1.17 bits per heavy atom. The second-order valence-corrected chi connectivity index (χ2v) is 7.31. The summed E-state index contributed by atoms with van der Waals surface area (Å²) >= 11 is 0. The van der Waals surface area contributed by atoms with E-state index in [1.807, 2.05) is 43.3 Å². The molecule has 0 amide bonds. The Morgan fingerprint density at radius 2 is 1.90 bits per heavy atom. The highest BCUT2D eigenvalue weighted by atomic mass is 16.5. The third kappa shape index (κ3) is 6.74. The number of methoxy groups -OCH3 is 1. The number of aryl methyl sites for hydroxylation is 1. The summed E-state index contributed by atoms with van der Waals surface area (Å²) in [5.41, 5.74) is 8.64. The van der Waals surface area contributed by atoms with Crippen molar-refractivity contribution in [3.8, 4) is 11.5 Å². The van der Waals surface area contributed by atoms with Gasteiger partial charge in [-0.3, -0.25) is 9.59 Å². The van der Waals surface area contributed by atoms with Crippen molar-refractivity contribution in [3.05, 3.63) is 65.2 Å². The smallest absolute Gasteiger partial charge is 0.320 e. The number of carboxylic acids is 1. The number of aliphatic carboxylic acids is 1. The number of allylic oxidation sites excluding steroid dienone is 1. The van der Waals surface area contributed by atoms with E-state index in [1.165, 1.54) is 6.08 Å². The quantitative estimate of drug-likeness (QED) is 0.543. The topological polar surface area (TPSA) is 98.9 Å². The minimum Gasteiger partial charge on any atom is -0.493 e. The molecular formula is C24H29NO5. The highest BCUT2D eigenvalue weighted by molar-refractivity contribution is 5.93. The fraction of sp³-hybridized carbons (Fsp3) is 0.333. The Kier molecular flexibility index (Phi) is 8.62. The van der Waals surface area contributed by atoms with Crippen molar-refractivity contribution in [2.75, 3.05) is 7.11 Å². The molecule has 0 bridgehead atoms. The SMILES string of the molecule is COc1cc(/C=C/C(=O)CC[C@@H](C)[C@@H](N)C(=O)O)ccc1OCc1ccccc1C. The maximum absolute atomic E-state index is 12.1. The van der Waals surface area contributed by atoms with E-state index in [9.17, 15) is 9.59 Å². The van der Waals surface area contributed by atoms with Crippen LogP contribution in [-0.4, -0.2) is 30.0 Å². The van der Waals surface area contributed by atoms with Crippen molar-refractivity contribution in [3.63, 3.8) is 0 Å². The number of hydrogen-bond acceptors (Lipinski definition) is 5. The lowest BCUT2D eigenvalue weighted by atomic mass is 9.96. The summed E-state index contributed by atoms with van der Waals surface area (Å²) in [7, 11) is 1.57. The number of nitrogens with two attached hydrogens (primary N) is 1. The van der Waals surface area contributed by atoms with Gasteiger partial charge in [-0.2, -0.15) is 0 Å². The summed E-state index contributed by atoms with van der Waals surface area (Å²) in [5.74, 6) is -0.204. The third-order valence-corrected chi connectivity index (χ3v) is 5.04. The van der Waals surface area contributed by atoms with Crippen LogP contribution in [-0.2, 0) is 16.2 Å². The number of ether oxygens (including phenoxy) is 2. The molecule has 0 unspecified atom stereocenters. The predicted molar refractivity (Wildman–Crippen MR) is 117 cm³/mol. The second-order valence-electron chi connectivity index (χ2n) is 7.31. The lowest BCUT2D eigenvalue weighted by Gasteiger charge is -2.14. The first-order valence-electron chi connectivity index (χ1n) is 9.86. The summed E-state index contributed by atoms with van der Waals surface area (Å²) < 4.78 is 11.3. The number of rotatable bonds is 11. The van der Waals surface area contributed by atoms with Gasteiger partial charge in [-0.05, 0) is 54.2 Å². The molecule has 0 radical (unpaired) electrons. The molecule has 0 heterocycles. The van der Waals surface area contributed by atoms with Gasteiger partial charge in [0, 0.05) is 6.42 Å². The van der Waals surface area contributed by atoms with Gasteiger partial charge in [0.15, 0.2) is 17.3 Å². The zero-order chi connectivity index (χ0) is 22.1. The van der Waals surface area contributed by atoms with Crippen molar-refractivity contribution in [2.45, 2.75) is 39.3 Å². The van der Waals surface area contributed by atoms with Gasteiger partial charge in [-0.1, -0.05) is 43.3 Å². The first-order valence-corrected chi connectivity index (χ1v) is 9.86. The van der Waals surface area contributed by atoms with E-state index >= 15 is 0 Å². The fourth-order valence-electron chi connectivity index (χ4n) is 2.90. The van der Waals surface area contributed by atoms with E-state index in [0.29, 0.717) is 24.5 Å². The molecule has 6 heteroatoms. The molecule has 0 aromatic heterocycles. The van der Waals surface area contributed by atoms with E-state index in [1.54, 1.807) is 26.2 Å². The molecule has 0 aliphatic rings. The van der Waals surface area contributed by atoms with Crippen LogP contribution in [0.25, 0.3) is 6.08 Å². The number of carboxylic acid groups (broad SMARTS) is 1. The zero-order valence-corrected chi connectivity index (χ0v) is 17.6. The normalized spacial score (nSPS) is 13.1. The second kappa shape index (κ2) is 11.2. The average molecular weight is 411 g/mol. The minimum absolute atomic E-state index is 0.0849. The molecule has 160 valence electrons. The van der Waals surface area contributed by atoms with Crippen molar-refractivity contribution in [1.82, 2.24) is 0 Å². The maximum Gasteiger partial charge on any atom is 0.320 e. The third-order valence-electron chi connectivity index (χ3n) is 5.04. The number of benzene rings is 2. The highest BCUT2D eigenvalue weighted by Gasteiger charge is 2.20. The Labute approximate surface area is 177 Å². The molecule has 0 fully saturated rings. The van der Waals surface area contributed by atoms with Crippen LogP contribution in [0.15, 0.2) is 48.5 Å². The summed E-state index contributed by atoms with van der Waals surface area (Å²) in [6.07, 6.45) is 3.86. The Balaban J connectivity index is 1.96. The van der Waals surface area contributed by atoms with Crippen LogP contribution in [0, 0.1) is 12.8 Å². The van der Waals surface area contributed by atoms with E-state index in [-0.39, 0.29) is 18.1 Å². The summed E-state index contributed by atoms with van der Waals surface area (Å²) in [6.45, 7) is 4.21. The largest absolute Gasteiger partial charge is 0.493 e. The monoisotopic (exact) mass is 411 g/mol. The van der Waals surface area contributed by atoms with E-state index in [2.05, 4.69) is 0 Å². The van der Waals surface area contributed by atoms with Gasteiger partial charge in [0.25, 0.3) is 0 Å². The lowest BCUT2D eigenvalue weighted by Crippen LogP contribution is -2.36. The van der Waals surface area contributed by atoms with Crippen molar-refractivity contribution in [2.24, 2.45) is 11.7 Å². The van der Waals surface area contributed by atoms with Gasteiger partial charge in [0.1, 0.15) is 12.6 Å². The maximum atomic E-state index is 12.1. The molecule has 0 saturated heterocycles. The summed E-state index contributed by atoms with van der Waals surface area (Å²) in [5, 5.41) is 8.91. The van der Waals surface area contributed by atoms with Gasteiger partial charge >= 0.3 is 5.97 Å². The molecule has 3 N–H and O–H groups in total. The van der Waals surface area contributed by atoms with Crippen molar-refractivity contribution >= 4 is 17.8 Å². The Morgan fingerprint density at radius 3 is 2.57 bits per heavy atom. The van der Waals surface area contributed by atoms with E-state index in [0.717, 1.165) is 16.7 Å². The fourth-order valence-corrected chi connectivity index (χ4v) is 2.90. The zero-order valence-electron chi connectivity index (χ0n) is 17.6. The summed E-state index contributed by atoms with van der Waals surface area (Å²) in [4.78, 5) is 23.0. The molecule has 0 aliphatic carbocycles. The minimum atomic E-state index is -1.05. The molecule has 2 aromatic carbocycles. The number of ketones is 1. The standard InChI is InChI=1S/C24H29NO5/c1-16-6-4-5-7-19(16)15-30-21-13-10-18(14-22(21)29-3)9-12-20(26)11-8-17(2)23(25)24(27)28/h4-7,9-10,12-14,17,23H,8,11,15,25H2,1-3H3,(H,27,28)/b12-9+/t17-,23-/m1/s1. The van der Waals surface area contributed by atoms with Gasteiger partial charge < -0.3 is 20.3 Å². The van der Waals surface area contributed by atoms with Crippen LogP contribution < -0.4 is 15.2 Å². The van der Waals surface area contributed by atoms with E-state index < -0.39 is 12.0 Å². The first-order chi connectivity index (χ1) is 14.3. The van der Waals surface area contributed by atoms with Crippen LogP contribution in [0.4, 0.5) is 0 Å². The van der Waals surface area contributed by atoms with Crippen LogP contribution in [0.5, 0.6) is 11.5 Å². The van der Waals surface area contributed by atoms with Crippen LogP contribution in [0.2, 0.25) is 0 Å². The molecule has 30 heavy (non-hydrogen) atoms. The van der Waals surface area contributed by atoms with Crippen LogP contribution >= 0.6 is 0 Å². The number of carbonyl (C=O) groups excluding carboxylic acids is 1. The van der Waals surface area contributed by atoms with Gasteiger partial charge in [0.05, 0.1) is 7.11 Å². The summed E-state index contributed by atoms with van der Waals surface area (Å²) in [6, 6.07) is 12.5. The Bertz CT molecular complexity index is 906. The number of carbonyl (C=O) groups is 2. The lowest BCUT2D eigenvalue weighted by molar-refractivity contribution is -0.139. The van der Waals surface area contributed by atoms with Crippen molar-refractivity contribution < 1.29 is 24.2 Å². The molecule has 0 saturated carbocycles. The van der Waals surface area contributed by atoms with E-state index in [4.69, 9.17) is 20.3 Å².